The van der Waals surface area contributed by atoms with E-state index in [1.54, 1.807) is 12.1 Å². The molecule has 1 rings (SSSR count). The van der Waals surface area contributed by atoms with Gasteiger partial charge < -0.3 is 20.7 Å². The standard InChI is InChI=1S/C15H25N3O2/c1-4-9-20-10-5-8-17-15(19)12-6-7-14(18(2)3)13(16)11-12/h6-7,11H,4-5,8-10,16H2,1-3H3,(H,17,19). The number of nitrogens with one attached hydrogen (secondary N) is 1. The van der Waals surface area contributed by atoms with E-state index >= 15 is 0 Å². The van der Waals surface area contributed by atoms with Gasteiger partial charge in [0.25, 0.3) is 5.91 Å². The number of carbonyl (C=O) groups is 1. The second kappa shape index (κ2) is 8.43. The van der Waals surface area contributed by atoms with Gasteiger partial charge in [-0.1, -0.05) is 6.92 Å². The van der Waals surface area contributed by atoms with E-state index in [1.165, 1.54) is 0 Å². The molecule has 112 valence electrons. The number of hydrogen-bond acceptors (Lipinski definition) is 4. The third-order valence-electron chi connectivity index (χ3n) is 2.87. The van der Waals surface area contributed by atoms with Crippen LogP contribution in [0.3, 0.4) is 0 Å². The van der Waals surface area contributed by atoms with Crippen molar-refractivity contribution in [3.8, 4) is 0 Å². The Morgan fingerprint density at radius 2 is 2.10 bits per heavy atom. The summed E-state index contributed by atoms with van der Waals surface area (Å²) >= 11 is 0. The van der Waals surface area contributed by atoms with E-state index in [0.29, 0.717) is 24.4 Å². The predicted octanol–water partition coefficient (Wildman–Crippen LogP) is 1.88. The third kappa shape index (κ3) is 5.09. The van der Waals surface area contributed by atoms with Crippen LogP contribution in [0.5, 0.6) is 0 Å². The second-order valence-electron chi connectivity index (χ2n) is 4.89. The third-order valence-corrected chi connectivity index (χ3v) is 2.87. The maximum absolute atomic E-state index is 11.9. The van der Waals surface area contributed by atoms with Crippen LogP contribution in [0.4, 0.5) is 11.4 Å². The summed E-state index contributed by atoms with van der Waals surface area (Å²) in [6.07, 6.45) is 1.83. The van der Waals surface area contributed by atoms with Crippen molar-refractivity contribution in [2.24, 2.45) is 0 Å². The highest BCUT2D eigenvalue weighted by atomic mass is 16.5. The largest absolute Gasteiger partial charge is 0.397 e. The van der Waals surface area contributed by atoms with E-state index in [-0.39, 0.29) is 5.91 Å². The molecular formula is C15H25N3O2. The Bertz CT molecular complexity index is 433. The molecule has 0 saturated carbocycles. The molecule has 0 aliphatic carbocycles. The molecule has 0 saturated heterocycles. The molecule has 1 aromatic carbocycles. The minimum Gasteiger partial charge on any atom is -0.397 e. The Morgan fingerprint density at radius 1 is 1.35 bits per heavy atom. The van der Waals surface area contributed by atoms with Gasteiger partial charge in [-0.2, -0.15) is 0 Å². The molecule has 0 heterocycles. The summed E-state index contributed by atoms with van der Waals surface area (Å²) in [5.41, 5.74) is 8.03. The molecule has 3 N–H and O–H groups in total. The first-order valence-corrected chi connectivity index (χ1v) is 6.99. The lowest BCUT2D eigenvalue weighted by Crippen LogP contribution is -2.25. The van der Waals surface area contributed by atoms with Crippen LogP contribution < -0.4 is 16.0 Å². The molecule has 1 amide bonds. The van der Waals surface area contributed by atoms with Gasteiger partial charge in [0.05, 0.1) is 11.4 Å². The number of amides is 1. The number of nitrogens with two attached hydrogens (primary N) is 1. The first kappa shape index (κ1) is 16.3. The molecule has 0 aromatic heterocycles. The topological polar surface area (TPSA) is 67.6 Å². The Hall–Kier alpha value is -1.75. The van der Waals surface area contributed by atoms with Gasteiger partial charge in [-0.05, 0) is 31.0 Å². The van der Waals surface area contributed by atoms with Gasteiger partial charge in [0.15, 0.2) is 0 Å². The lowest BCUT2D eigenvalue weighted by atomic mass is 10.1. The SMILES string of the molecule is CCCOCCCNC(=O)c1ccc(N(C)C)c(N)c1. The average molecular weight is 279 g/mol. The highest BCUT2D eigenvalue weighted by Crippen LogP contribution is 2.22. The van der Waals surface area contributed by atoms with E-state index in [0.717, 1.165) is 25.1 Å². The Kier molecular flexibility index (Phi) is 6.87. The monoisotopic (exact) mass is 279 g/mol. The fraction of sp³-hybridized carbons (Fsp3) is 0.533. The molecule has 0 spiro atoms. The number of anilines is 2. The van der Waals surface area contributed by atoms with Crippen LogP contribution in [0.25, 0.3) is 0 Å². The van der Waals surface area contributed by atoms with Crippen molar-refractivity contribution >= 4 is 17.3 Å². The first-order valence-electron chi connectivity index (χ1n) is 6.99. The molecule has 5 nitrogen and oxygen atoms in total. The second-order valence-corrected chi connectivity index (χ2v) is 4.89. The maximum Gasteiger partial charge on any atom is 0.251 e. The summed E-state index contributed by atoms with van der Waals surface area (Å²) in [7, 11) is 3.84. The number of rotatable bonds is 8. The zero-order chi connectivity index (χ0) is 15.0. The van der Waals surface area contributed by atoms with Crippen LogP contribution in [0.1, 0.15) is 30.1 Å². The molecule has 0 fully saturated rings. The summed E-state index contributed by atoms with van der Waals surface area (Å²) in [5.74, 6) is -0.0995. The molecule has 0 bridgehead atoms. The number of hydrogen-bond donors (Lipinski definition) is 2. The molecule has 0 radical (unpaired) electrons. The van der Waals surface area contributed by atoms with Gasteiger partial charge >= 0.3 is 0 Å². The van der Waals surface area contributed by atoms with Gasteiger partial charge in [0.2, 0.25) is 0 Å². The number of benzene rings is 1. The van der Waals surface area contributed by atoms with Crippen LogP contribution in [0, 0.1) is 0 Å². The highest BCUT2D eigenvalue weighted by Gasteiger charge is 2.08. The van der Waals surface area contributed by atoms with E-state index < -0.39 is 0 Å². The molecule has 5 heteroatoms. The smallest absolute Gasteiger partial charge is 0.251 e. The number of carbonyl (C=O) groups excluding carboxylic acids is 1. The number of nitrogens with zero attached hydrogens (tertiary/aromatic N) is 1. The number of ether oxygens (including phenoxy) is 1. The van der Waals surface area contributed by atoms with Crippen LogP contribution in [-0.4, -0.2) is 39.8 Å². The van der Waals surface area contributed by atoms with E-state index in [9.17, 15) is 4.79 Å². The van der Waals surface area contributed by atoms with Crippen molar-refractivity contribution in [2.75, 3.05) is 44.5 Å². The van der Waals surface area contributed by atoms with Crippen molar-refractivity contribution < 1.29 is 9.53 Å². The minimum atomic E-state index is -0.0995. The van der Waals surface area contributed by atoms with Crippen LogP contribution >= 0.6 is 0 Å². The summed E-state index contributed by atoms with van der Waals surface area (Å²) in [4.78, 5) is 13.9. The van der Waals surface area contributed by atoms with Crippen molar-refractivity contribution in [2.45, 2.75) is 19.8 Å². The van der Waals surface area contributed by atoms with Crippen molar-refractivity contribution in [1.29, 1.82) is 0 Å². The predicted molar refractivity (Wildman–Crippen MR) is 83.2 cm³/mol. The molecule has 0 aliphatic heterocycles. The number of nitrogen functional groups attached to an aromatic ring is 1. The lowest BCUT2D eigenvalue weighted by molar-refractivity contribution is 0.0941. The zero-order valence-corrected chi connectivity index (χ0v) is 12.6. The van der Waals surface area contributed by atoms with Crippen LogP contribution in [-0.2, 0) is 4.74 Å². The summed E-state index contributed by atoms with van der Waals surface area (Å²) < 4.78 is 5.35. The van der Waals surface area contributed by atoms with Gasteiger partial charge in [-0.15, -0.1) is 0 Å². The van der Waals surface area contributed by atoms with Crippen molar-refractivity contribution in [1.82, 2.24) is 5.32 Å². The van der Waals surface area contributed by atoms with Crippen molar-refractivity contribution in [3.63, 3.8) is 0 Å². The lowest BCUT2D eigenvalue weighted by Gasteiger charge is -2.15. The van der Waals surface area contributed by atoms with Crippen LogP contribution in [0.2, 0.25) is 0 Å². The zero-order valence-electron chi connectivity index (χ0n) is 12.6. The van der Waals surface area contributed by atoms with Crippen LogP contribution in [0.15, 0.2) is 18.2 Å². The summed E-state index contributed by atoms with van der Waals surface area (Å²) in [6.45, 7) is 4.13. The quantitative estimate of drug-likeness (QED) is 0.563. The molecule has 0 atom stereocenters. The van der Waals surface area contributed by atoms with Gasteiger partial charge in [0, 0.05) is 39.4 Å². The Balaban J connectivity index is 2.42. The Labute approximate surface area is 121 Å². The summed E-state index contributed by atoms with van der Waals surface area (Å²) in [5, 5.41) is 2.86. The fourth-order valence-electron chi connectivity index (χ4n) is 1.83. The molecule has 20 heavy (non-hydrogen) atoms. The average Bonchev–Trinajstić information content (AvgIpc) is 2.41. The fourth-order valence-corrected chi connectivity index (χ4v) is 1.83. The maximum atomic E-state index is 11.9. The molecular weight excluding hydrogens is 254 g/mol. The van der Waals surface area contributed by atoms with E-state index in [1.807, 2.05) is 25.1 Å². The van der Waals surface area contributed by atoms with Crippen molar-refractivity contribution in [3.05, 3.63) is 23.8 Å². The van der Waals surface area contributed by atoms with E-state index in [2.05, 4.69) is 12.2 Å². The molecule has 0 aliphatic rings. The summed E-state index contributed by atoms with van der Waals surface area (Å²) in [6, 6.07) is 5.35. The van der Waals surface area contributed by atoms with Gasteiger partial charge in [-0.3, -0.25) is 4.79 Å². The molecule has 1 aromatic rings. The highest BCUT2D eigenvalue weighted by molar-refractivity contribution is 5.96. The Morgan fingerprint density at radius 3 is 2.70 bits per heavy atom. The minimum absolute atomic E-state index is 0.0995. The van der Waals surface area contributed by atoms with E-state index in [4.69, 9.17) is 10.5 Å². The normalized spacial score (nSPS) is 10.3. The first-order chi connectivity index (χ1) is 9.56. The van der Waals surface area contributed by atoms with Gasteiger partial charge in [0.1, 0.15) is 0 Å². The van der Waals surface area contributed by atoms with Gasteiger partial charge in [-0.25, -0.2) is 0 Å². The molecule has 0 unspecified atom stereocenters.